The van der Waals surface area contributed by atoms with E-state index in [-0.39, 0.29) is 23.9 Å². The van der Waals surface area contributed by atoms with E-state index < -0.39 is 10.0 Å². The highest BCUT2D eigenvalue weighted by Crippen LogP contribution is 2.33. The van der Waals surface area contributed by atoms with Crippen LogP contribution in [-0.2, 0) is 16.4 Å². The van der Waals surface area contributed by atoms with Gasteiger partial charge in [-0.15, -0.1) is 0 Å². The Morgan fingerprint density at radius 2 is 1.71 bits per heavy atom. The highest BCUT2D eigenvalue weighted by molar-refractivity contribution is 7.89. The number of benzene rings is 1. The Bertz CT molecular complexity index is 976. The number of ether oxygens (including phenoxy) is 2. The molecule has 0 saturated carbocycles. The summed E-state index contributed by atoms with van der Waals surface area (Å²) in [5, 5.41) is 0. The predicted octanol–water partition coefficient (Wildman–Crippen LogP) is 1.76. The predicted molar refractivity (Wildman–Crippen MR) is 100 cm³/mol. The second kappa shape index (κ2) is 7.48. The van der Waals surface area contributed by atoms with E-state index in [1.807, 2.05) is 6.92 Å². The van der Waals surface area contributed by atoms with Gasteiger partial charge in [0.2, 0.25) is 10.0 Å². The van der Waals surface area contributed by atoms with E-state index in [4.69, 9.17) is 13.9 Å². The van der Waals surface area contributed by atoms with E-state index >= 15 is 0 Å². The minimum absolute atomic E-state index is 0.162. The molecule has 1 amide bonds. The molecule has 0 bridgehead atoms. The fourth-order valence-electron chi connectivity index (χ4n) is 3.30. The Balaban J connectivity index is 1.44. The van der Waals surface area contributed by atoms with E-state index in [9.17, 15) is 13.2 Å². The molecule has 2 aliphatic heterocycles. The van der Waals surface area contributed by atoms with Gasteiger partial charge in [-0.3, -0.25) is 4.79 Å². The van der Waals surface area contributed by atoms with Gasteiger partial charge < -0.3 is 18.8 Å². The second-order valence-corrected chi connectivity index (χ2v) is 8.56. The molecule has 0 unspecified atom stereocenters. The minimum atomic E-state index is -3.67. The quantitative estimate of drug-likeness (QED) is 0.769. The molecule has 150 valence electrons. The summed E-state index contributed by atoms with van der Waals surface area (Å²) in [4.78, 5) is 14.3. The van der Waals surface area contributed by atoms with Gasteiger partial charge in [0, 0.05) is 38.7 Å². The first kappa shape index (κ1) is 18.8. The molecule has 0 N–H and O–H groups in total. The lowest BCUT2D eigenvalue weighted by Gasteiger charge is -2.33. The number of hydrogen-bond acceptors (Lipinski definition) is 6. The third-order valence-electron chi connectivity index (χ3n) is 4.90. The highest BCUT2D eigenvalue weighted by Gasteiger charge is 2.32. The summed E-state index contributed by atoms with van der Waals surface area (Å²) in [6.45, 7) is 3.87. The van der Waals surface area contributed by atoms with Crippen molar-refractivity contribution in [1.82, 2.24) is 9.21 Å². The minimum Gasteiger partial charge on any atom is -0.486 e. The van der Waals surface area contributed by atoms with Crippen molar-refractivity contribution < 1.29 is 27.1 Å². The molecule has 0 aliphatic carbocycles. The summed E-state index contributed by atoms with van der Waals surface area (Å²) < 4.78 is 43.8. The second-order valence-electron chi connectivity index (χ2n) is 6.62. The summed E-state index contributed by atoms with van der Waals surface area (Å²) in [6.07, 6.45) is 0.717. The molecule has 3 heterocycles. The van der Waals surface area contributed by atoms with Gasteiger partial charge in [-0.25, -0.2) is 8.42 Å². The van der Waals surface area contributed by atoms with Crippen molar-refractivity contribution in [2.24, 2.45) is 0 Å². The molecule has 9 heteroatoms. The highest BCUT2D eigenvalue weighted by atomic mass is 32.2. The number of nitrogens with zero attached hydrogens (tertiary/aromatic N) is 2. The molecular formula is C19H22N2O6S. The Morgan fingerprint density at radius 3 is 2.39 bits per heavy atom. The third kappa shape index (κ3) is 3.47. The molecule has 0 spiro atoms. The maximum absolute atomic E-state index is 13.0. The van der Waals surface area contributed by atoms with E-state index in [0.717, 1.165) is 12.2 Å². The summed E-state index contributed by atoms with van der Waals surface area (Å²) >= 11 is 0. The molecule has 2 aromatic rings. The molecule has 1 aromatic carbocycles. The van der Waals surface area contributed by atoms with E-state index in [0.29, 0.717) is 43.6 Å². The number of hydrogen-bond donors (Lipinski definition) is 0. The van der Waals surface area contributed by atoms with Gasteiger partial charge in [-0.2, -0.15) is 4.31 Å². The van der Waals surface area contributed by atoms with Crippen LogP contribution in [0.5, 0.6) is 11.5 Å². The monoisotopic (exact) mass is 406 g/mol. The molecule has 0 atom stereocenters. The van der Waals surface area contributed by atoms with Crippen molar-refractivity contribution in [2.45, 2.75) is 18.2 Å². The lowest BCUT2D eigenvalue weighted by atomic mass is 10.3. The Labute approximate surface area is 163 Å². The molecule has 1 fully saturated rings. The van der Waals surface area contributed by atoms with Crippen molar-refractivity contribution in [3.05, 3.63) is 41.9 Å². The fourth-order valence-corrected chi connectivity index (χ4v) is 4.74. The third-order valence-corrected chi connectivity index (χ3v) is 6.79. The first-order chi connectivity index (χ1) is 13.5. The average Bonchev–Trinajstić information content (AvgIpc) is 3.22. The van der Waals surface area contributed by atoms with Crippen LogP contribution in [0.25, 0.3) is 0 Å². The summed E-state index contributed by atoms with van der Waals surface area (Å²) in [5.74, 6) is 1.82. The van der Waals surface area contributed by atoms with Crippen LogP contribution in [0.2, 0.25) is 0 Å². The zero-order valence-electron chi connectivity index (χ0n) is 15.6. The normalized spacial score (nSPS) is 17.5. The maximum atomic E-state index is 13.0. The first-order valence-electron chi connectivity index (χ1n) is 9.27. The van der Waals surface area contributed by atoms with Crippen molar-refractivity contribution in [3.63, 3.8) is 0 Å². The molecule has 0 radical (unpaired) electrons. The number of carbonyl (C=O) groups excluding carboxylic acids is 1. The largest absolute Gasteiger partial charge is 0.486 e. The number of sulfonamides is 1. The SMILES string of the molecule is CCc1ccc(C(=O)N2CCN(S(=O)(=O)c3ccc4c(c3)OCCO4)CC2)o1. The van der Waals surface area contributed by atoms with Crippen LogP contribution in [-0.4, -0.2) is 62.9 Å². The van der Waals surface area contributed by atoms with E-state index in [2.05, 4.69) is 0 Å². The van der Waals surface area contributed by atoms with E-state index in [1.165, 1.54) is 16.4 Å². The van der Waals surface area contributed by atoms with Gasteiger partial charge in [0.25, 0.3) is 5.91 Å². The van der Waals surface area contributed by atoms with Crippen molar-refractivity contribution in [3.8, 4) is 11.5 Å². The van der Waals surface area contributed by atoms with Gasteiger partial charge in [-0.05, 0) is 24.3 Å². The smallest absolute Gasteiger partial charge is 0.289 e. The Hall–Kier alpha value is -2.52. The zero-order chi connectivity index (χ0) is 19.7. The molecule has 28 heavy (non-hydrogen) atoms. The number of carbonyl (C=O) groups is 1. The fraction of sp³-hybridized carbons (Fsp3) is 0.421. The first-order valence-corrected chi connectivity index (χ1v) is 10.7. The van der Waals surface area contributed by atoms with Crippen LogP contribution in [0.1, 0.15) is 23.2 Å². The average molecular weight is 406 g/mol. The topological polar surface area (TPSA) is 89.3 Å². The van der Waals surface area contributed by atoms with Crippen LogP contribution < -0.4 is 9.47 Å². The molecule has 1 saturated heterocycles. The van der Waals surface area contributed by atoms with Gasteiger partial charge in [0.05, 0.1) is 4.90 Å². The molecular weight excluding hydrogens is 384 g/mol. The van der Waals surface area contributed by atoms with Crippen LogP contribution in [0.3, 0.4) is 0 Å². The van der Waals surface area contributed by atoms with Gasteiger partial charge in [0.1, 0.15) is 19.0 Å². The lowest BCUT2D eigenvalue weighted by Crippen LogP contribution is -2.50. The van der Waals surface area contributed by atoms with Crippen molar-refractivity contribution >= 4 is 15.9 Å². The van der Waals surface area contributed by atoms with Crippen LogP contribution in [0.4, 0.5) is 0 Å². The molecule has 8 nitrogen and oxygen atoms in total. The maximum Gasteiger partial charge on any atom is 0.289 e. The van der Waals surface area contributed by atoms with Crippen LogP contribution >= 0.6 is 0 Å². The molecule has 2 aliphatic rings. The van der Waals surface area contributed by atoms with Gasteiger partial charge in [-0.1, -0.05) is 6.92 Å². The molecule has 1 aromatic heterocycles. The van der Waals surface area contributed by atoms with Crippen molar-refractivity contribution in [2.75, 3.05) is 39.4 Å². The number of rotatable bonds is 4. The Morgan fingerprint density at radius 1 is 1.00 bits per heavy atom. The number of piperazine rings is 1. The van der Waals surface area contributed by atoms with Gasteiger partial charge in [0.15, 0.2) is 17.3 Å². The van der Waals surface area contributed by atoms with Crippen molar-refractivity contribution in [1.29, 1.82) is 0 Å². The van der Waals surface area contributed by atoms with Crippen LogP contribution in [0, 0.1) is 0 Å². The summed E-state index contributed by atoms with van der Waals surface area (Å²) in [7, 11) is -3.67. The standard InChI is InChI=1S/C19H22N2O6S/c1-2-14-3-5-17(27-14)19(22)20-7-9-21(10-8-20)28(23,24)15-4-6-16-18(13-15)26-12-11-25-16/h3-6,13H,2,7-12H2,1H3. The Kier molecular flexibility index (Phi) is 5.03. The van der Waals surface area contributed by atoms with E-state index in [1.54, 1.807) is 23.1 Å². The number of aryl methyl sites for hydroxylation is 1. The summed E-state index contributed by atoms with van der Waals surface area (Å²) in [6, 6.07) is 8.09. The zero-order valence-corrected chi connectivity index (χ0v) is 16.4. The summed E-state index contributed by atoms with van der Waals surface area (Å²) in [5.41, 5.74) is 0. The van der Waals surface area contributed by atoms with Gasteiger partial charge >= 0.3 is 0 Å². The number of fused-ring (bicyclic) bond motifs is 1. The number of amides is 1. The van der Waals surface area contributed by atoms with Crippen LogP contribution in [0.15, 0.2) is 39.6 Å². The number of furan rings is 1. The molecule has 4 rings (SSSR count). The lowest BCUT2D eigenvalue weighted by molar-refractivity contribution is 0.0664.